The van der Waals surface area contributed by atoms with Gasteiger partial charge in [-0.2, -0.15) is 5.10 Å². The van der Waals surface area contributed by atoms with Gasteiger partial charge in [-0.3, -0.25) is 9.48 Å². The van der Waals surface area contributed by atoms with Gasteiger partial charge in [0.1, 0.15) is 18.0 Å². The number of aromatic nitrogens is 4. The number of fused-ring (bicyclic) bond motifs is 1. The normalized spacial score (nSPS) is 22.1. The minimum absolute atomic E-state index is 0.0322. The van der Waals surface area contributed by atoms with Crippen LogP contribution in [-0.4, -0.2) is 49.7 Å². The number of rotatable bonds is 4. The molecule has 1 N–H and O–H groups in total. The number of hydrogen-bond acceptors (Lipinski definition) is 5. The predicted molar refractivity (Wildman–Crippen MR) is 107 cm³/mol. The molecule has 2 fully saturated rings. The van der Waals surface area contributed by atoms with Crippen molar-refractivity contribution in [1.29, 1.82) is 0 Å². The van der Waals surface area contributed by atoms with Crippen LogP contribution in [0.1, 0.15) is 30.7 Å². The molecular formula is C21H23FN6O. The topological polar surface area (TPSA) is 75.9 Å². The third-order valence-electron chi connectivity index (χ3n) is 6.00. The van der Waals surface area contributed by atoms with E-state index < -0.39 is 0 Å². The molecular weight excluding hydrogens is 371 g/mol. The van der Waals surface area contributed by atoms with Gasteiger partial charge in [-0.1, -0.05) is 12.1 Å². The lowest BCUT2D eigenvalue weighted by molar-refractivity contribution is -0.133. The summed E-state index contributed by atoms with van der Waals surface area (Å²) in [6.07, 6.45) is 6.09. The zero-order valence-electron chi connectivity index (χ0n) is 16.3. The number of amides is 1. The van der Waals surface area contributed by atoms with Gasteiger partial charge in [-0.05, 0) is 37.0 Å². The Balaban J connectivity index is 1.46. The fraction of sp³-hybridized carbons (Fsp3) is 0.429. The Morgan fingerprint density at radius 1 is 1.17 bits per heavy atom. The summed E-state index contributed by atoms with van der Waals surface area (Å²) in [5.74, 6) is 1.07. The van der Waals surface area contributed by atoms with Crippen molar-refractivity contribution in [2.75, 3.05) is 18.4 Å². The number of likely N-dealkylation sites (tertiary alicyclic amines) is 1. The number of carbonyl (C=O) groups excluding carboxylic acids is 1. The van der Waals surface area contributed by atoms with E-state index in [1.54, 1.807) is 10.9 Å². The van der Waals surface area contributed by atoms with Gasteiger partial charge in [0.15, 0.2) is 5.65 Å². The molecule has 150 valence electrons. The van der Waals surface area contributed by atoms with Crippen LogP contribution in [-0.2, 0) is 11.8 Å². The molecule has 1 aliphatic carbocycles. The maximum Gasteiger partial charge on any atom is 0.225 e. The van der Waals surface area contributed by atoms with Crippen LogP contribution in [0, 0.1) is 11.7 Å². The van der Waals surface area contributed by atoms with Crippen molar-refractivity contribution < 1.29 is 9.18 Å². The summed E-state index contributed by atoms with van der Waals surface area (Å²) < 4.78 is 15.2. The molecule has 1 saturated heterocycles. The molecule has 1 amide bonds. The van der Waals surface area contributed by atoms with Gasteiger partial charge >= 0.3 is 0 Å². The fourth-order valence-corrected chi connectivity index (χ4v) is 4.25. The Morgan fingerprint density at radius 3 is 2.72 bits per heavy atom. The Bertz CT molecular complexity index is 1050. The van der Waals surface area contributed by atoms with Crippen molar-refractivity contribution in [3.05, 3.63) is 48.2 Å². The molecule has 2 atom stereocenters. The summed E-state index contributed by atoms with van der Waals surface area (Å²) in [6, 6.07) is 6.64. The molecule has 0 spiro atoms. The van der Waals surface area contributed by atoms with Crippen LogP contribution in [0.15, 0.2) is 36.8 Å². The molecule has 7 nitrogen and oxygen atoms in total. The molecule has 0 bridgehead atoms. The van der Waals surface area contributed by atoms with Crippen LogP contribution in [0.2, 0.25) is 0 Å². The quantitative estimate of drug-likeness (QED) is 0.736. The second kappa shape index (κ2) is 7.09. The summed E-state index contributed by atoms with van der Waals surface area (Å²) in [4.78, 5) is 23.4. The van der Waals surface area contributed by atoms with Crippen molar-refractivity contribution in [2.45, 2.75) is 31.2 Å². The van der Waals surface area contributed by atoms with Crippen molar-refractivity contribution in [3.8, 4) is 0 Å². The van der Waals surface area contributed by atoms with E-state index in [1.165, 1.54) is 18.5 Å². The van der Waals surface area contributed by atoms with E-state index in [4.69, 9.17) is 0 Å². The second-order valence-electron chi connectivity index (χ2n) is 7.98. The lowest BCUT2D eigenvalue weighted by Crippen LogP contribution is -2.49. The van der Waals surface area contributed by atoms with Gasteiger partial charge < -0.3 is 10.2 Å². The molecule has 3 aromatic rings. The molecule has 1 aliphatic heterocycles. The molecule has 0 radical (unpaired) electrons. The zero-order valence-corrected chi connectivity index (χ0v) is 16.3. The maximum atomic E-state index is 13.4. The highest BCUT2D eigenvalue weighted by Gasteiger charge is 2.38. The highest BCUT2D eigenvalue weighted by atomic mass is 19.1. The van der Waals surface area contributed by atoms with Gasteiger partial charge in [0.2, 0.25) is 5.91 Å². The van der Waals surface area contributed by atoms with Crippen LogP contribution in [0.4, 0.5) is 10.2 Å². The Kier molecular flexibility index (Phi) is 4.41. The number of halogens is 1. The third kappa shape index (κ3) is 3.43. The van der Waals surface area contributed by atoms with Crippen molar-refractivity contribution in [2.24, 2.45) is 13.0 Å². The van der Waals surface area contributed by atoms with Crippen LogP contribution < -0.4 is 5.32 Å². The van der Waals surface area contributed by atoms with E-state index in [9.17, 15) is 9.18 Å². The minimum Gasteiger partial charge on any atom is -0.364 e. The average molecular weight is 394 g/mol. The van der Waals surface area contributed by atoms with Crippen LogP contribution in [0.25, 0.3) is 11.0 Å². The molecule has 0 unspecified atom stereocenters. The smallest absolute Gasteiger partial charge is 0.225 e. The van der Waals surface area contributed by atoms with Gasteiger partial charge in [0.25, 0.3) is 0 Å². The predicted octanol–water partition coefficient (Wildman–Crippen LogP) is 2.71. The Morgan fingerprint density at radius 2 is 1.97 bits per heavy atom. The fourth-order valence-electron chi connectivity index (χ4n) is 4.25. The SMILES string of the molecule is Cn1ncc2c(N[C@@H]3CN(C(=O)C4CC4)CC[C@H]3c3ccc(F)cc3)ncnc21. The molecule has 1 aromatic carbocycles. The lowest BCUT2D eigenvalue weighted by atomic mass is 9.85. The third-order valence-corrected chi connectivity index (χ3v) is 6.00. The van der Waals surface area contributed by atoms with E-state index in [-0.39, 0.29) is 29.6 Å². The first-order valence-electron chi connectivity index (χ1n) is 10.0. The van der Waals surface area contributed by atoms with Gasteiger partial charge in [-0.15, -0.1) is 0 Å². The number of nitrogens with one attached hydrogen (secondary N) is 1. The zero-order chi connectivity index (χ0) is 20.0. The molecule has 1 saturated carbocycles. The monoisotopic (exact) mass is 394 g/mol. The molecule has 8 heteroatoms. The summed E-state index contributed by atoms with van der Waals surface area (Å²) in [5.41, 5.74) is 1.82. The molecule has 2 aliphatic rings. The van der Waals surface area contributed by atoms with Gasteiger partial charge in [-0.25, -0.2) is 14.4 Å². The summed E-state index contributed by atoms with van der Waals surface area (Å²) in [5, 5.41) is 8.68. The average Bonchev–Trinajstić information content (AvgIpc) is 3.52. The van der Waals surface area contributed by atoms with Crippen molar-refractivity contribution in [3.63, 3.8) is 0 Å². The van der Waals surface area contributed by atoms with Crippen LogP contribution in [0.5, 0.6) is 0 Å². The summed E-state index contributed by atoms with van der Waals surface area (Å²) in [7, 11) is 1.84. The van der Waals surface area contributed by atoms with Gasteiger partial charge in [0.05, 0.1) is 17.6 Å². The number of benzene rings is 1. The minimum atomic E-state index is -0.243. The maximum absolute atomic E-state index is 13.4. The van der Waals surface area contributed by atoms with Crippen LogP contribution in [0.3, 0.4) is 0 Å². The number of nitrogens with zero attached hydrogens (tertiary/aromatic N) is 5. The Labute approximate surface area is 167 Å². The van der Waals surface area contributed by atoms with Crippen molar-refractivity contribution >= 4 is 22.8 Å². The number of hydrogen-bond donors (Lipinski definition) is 1. The van der Waals surface area contributed by atoms with E-state index in [0.717, 1.165) is 42.4 Å². The van der Waals surface area contributed by atoms with Gasteiger partial charge in [0, 0.05) is 32.0 Å². The molecule has 29 heavy (non-hydrogen) atoms. The van der Waals surface area contributed by atoms with Crippen LogP contribution >= 0.6 is 0 Å². The van der Waals surface area contributed by atoms with E-state index >= 15 is 0 Å². The van der Waals surface area contributed by atoms with Crippen molar-refractivity contribution in [1.82, 2.24) is 24.6 Å². The molecule has 3 heterocycles. The number of piperidine rings is 1. The van der Waals surface area contributed by atoms with E-state index in [0.29, 0.717) is 12.4 Å². The largest absolute Gasteiger partial charge is 0.364 e. The Hall–Kier alpha value is -3.03. The first-order chi connectivity index (χ1) is 14.1. The number of anilines is 1. The standard InChI is InChI=1S/C21H23FN6O/c1-27-20-17(10-25-27)19(23-12-24-20)26-18-11-28(21(29)14-2-3-14)9-8-16(18)13-4-6-15(22)7-5-13/h4-7,10,12,14,16,18H,2-3,8-9,11H2,1H3,(H,23,24,26)/t16-,18+/m0/s1. The first-order valence-corrected chi connectivity index (χ1v) is 10.0. The number of carbonyl (C=O) groups is 1. The van der Waals surface area contributed by atoms with E-state index in [1.807, 2.05) is 24.1 Å². The first kappa shape index (κ1) is 18.0. The highest BCUT2D eigenvalue weighted by molar-refractivity contribution is 5.86. The lowest BCUT2D eigenvalue weighted by Gasteiger charge is -2.39. The summed E-state index contributed by atoms with van der Waals surface area (Å²) >= 11 is 0. The molecule has 2 aromatic heterocycles. The molecule has 5 rings (SSSR count). The highest BCUT2D eigenvalue weighted by Crippen LogP contribution is 2.36. The summed E-state index contributed by atoms with van der Waals surface area (Å²) in [6.45, 7) is 1.32. The second-order valence-corrected chi connectivity index (χ2v) is 7.98. The number of aryl methyl sites for hydroxylation is 1. The van der Waals surface area contributed by atoms with E-state index in [2.05, 4.69) is 20.4 Å².